The van der Waals surface area contributed by atoms with Crippen LogP contribution in [-0.2, 0) is 10.8 Å². The Bertz CT molecular complexity index is 2320. The number of aromatic nitrogens is 1. The number of hydrogen-bond donors (Lipinski definition) is 0. The lowest BCUT2D eigenvalue weighted by Gasteiger charge is -2.39. The molecule has 0 bridgehead atoms. The molecule has 0 N–H and O–H groups in total. The quantitative estimate of drug-likeness (QED) is 0.194. The molecule has 0 radical (unpaired) electrons. The summed E-state index contributed by atoms with van der Waals surface area (Å²) in [5.41, 5.74) is 15.0. The highest BCUT2D eigenvalue weighted by molar-refractivity contribution is 6.16. The van der Waals surface area contributed by atoms with Crippen molar-refractivity contribution in [3.8, 4) is 5.69 Å². The van der Waals surface area contributed by atoms with Crippen molar-refractivity contribution < 1.29 is 0 Å². The highest BCUT2D eigenvalue weighted by Crippen LogP contribution is 2.50. The summed E-state index contributed by atoms with van der Waals surface area (Å²) in [4.78, 5) is 5.25. The van der Waals surface area contributed by atoms with Gasteiger partial charge in [-0.3, -0.25) is 4.99 Å². The number of nitrogens with zero attached hydrogens (tertiary/aromatic N) is 2. The van der Waals surface area contributed by atoms with E-state index in [0.717, 1.165) is 11.4 Å². The van der Waals surface area contributed by atoms with Crippen LogP contribution in [-0.4, -0.2) is 10.3 Å². The maximum atomic E-state index is 5.25. The van der Waals surface area contributed by atoms with E-state index in [1.807, 2.05) is 0 Å². The minimum absolute atomic E-state index is 0.0536. The van der Waals surface area contributed by atoms with E-state index in [4.69, 9.17) is 4.99 Å². The van der Waals surface area contributed by atoms with Gasteiger partial charge in [-0.25, -0.2) is 0 Å². The van der Waals surface area contributed by atoms with Crippen molar-refractivity contribution >= 4 is 33.2 Å². The zero-order valence-corrected chi connectivity index (χ0v) is 26.8. The van der Waals surface area contributed by atoms with Crippen molar-refractivity contribution in [3.05, 3.63) is 178 Å². The molecule has 2 heterocycles. The molecule has 1 aliphatic carbocycles. The Labute approximate surface area is 270 Å². The molecule has 7 aromatic rings. The normalized spacial score (nSPS) is 16.2. The monoisotopic (exact) mass is 592 g/mol. The van der Waals surface area contributed by atoms with Crippen LogP contribution < -0.4 is 0 Å². The van der Waals surface area contributed by atoms with Gasteiger partial charge in [0, 0.05) is 33.2 Å². The maximum Gasteiger partial charge on any atom is 0.0682 e. The Balaban J connectivity index is 1.26. The lowest BCUT2D eigenvalue weighted by atomic mass is 9.64. The topological polar surface area (TPSA) is 17.3 Å². The van der Waals surface area contributed by atoms with Crippen molar-refractivity contribution in [3.63, 3.8) is 0 Å². The largest absolute Gasteiger partial charge is 0.309 e. The molecule has 0 saturated carbocycles. The highest BCUT2D eigenvalue weighted by Gasteiger charge is 2.38. The second kappa shape index (κ2) is 9.64. The minimum atomic E-state index is -0.212. The molecule has 2 aliphatic rings. The van der Waals surface area contributed by atoms with Gasteiger partial charge in [0.05, 0.1) is 22.4 Å². The average Bonchev–Trinajstić information content (AvgIpc) is 3.54. The van der Waals surface area contributed by atoms with Crippen LogP contribution in [0.25, 0.3) is 27.5 Å². The summed E-state index contributed by atoms with van der Waals surface area (Å²) in [5.74, 6) is 0.165. The lowest BCUT2D eigenvalue weighted by molar-refractivity contribution is 0.597. The summed E-state index contributed by atoms with van der Waals surface area (Å²) in [6.45, 7) is 9.34. The maximum absolute atomic E-state index is 5.25. The van der Waals surface area contributed by atoms with Gasteiger partial charge in [-0.1, -0.05) is 137 Å². The molecular weight excluding hydrogens is 556 g/mol. The van der Waals surface area contributed by atoms with Crippen molar-refractivity contribution in [2.75, 3.05) is 0 Å². The van der Waals surface area contributed by atoms with Crippen LogP contribution in [0.5, 0.6) is 0 Å². The number of para-hydroxylation sites is 1. The molecular formula is C44H36N2. The summed E-state index contributed by atoms with van der Waals surface area (Å²) in [6, 6.07) is 51.5. The predicted octanol–water partition coefficient (Wildman–Crippen LogP) is 11.0. The third-order valence-corrected chi connectivity index (χ3v) is 10.7. The van der Waals surface area contributed by atoms with E-state index in [2.05, 4.69) is 172 Å². The van der Waals surface area contributed by atoms with E-state index in [9.17, 15) is 0 Å². The van der Waals surface area contributed by atoms with E-state index in [0.29, 0.717) is 0 Å². The van der Waals surface area contributed by atoms with E-state index < -0.39 is 0 Å². The van der Waals surface area contributed by atoms with E-state index in [-0.39, 0.29) is 16.7 Å². The number of hydrogen-bond acceptors (Lipinski definition) is 1. The van der Waals surface area contributed by atoms with Crippen molar-refractivity contribution in [2.24, 2.45) is 4.99 Å². The van der Waals surface area contributed by atoms with Crippen LogP contribution in [0.1, 0.15) is 72.6 Å². The first-order chi connectivity index (χ1) is 22.3. The van der Waals surface area contributed by atoms with Gasteiger partial charge in [-0.05, 0) is 69.3 Å². The number of benzene rings is 6. The van der Waals surface area contributed by atoms with Gasteiger partial charge < -0.3 is 4.57 Å². The third-order valence-electron chi connectivity index (χ3n) is 10.7. The smallest absolute Gasteiger partial charge is 0.0682 e. The van der Waals surface area contributed by atoms with E-state index in [1.165, 1.54) is 66.4 Å². The molecule has 0 atom stereocenters. The Morgan fingerprint density at radius 1 is 0.522 bits per heavy atom. The molecule has 6 aromatic carbocycles. The van der Waals surface area contributed by atoms with E-state index in [1.54, 1.807) is 0 Å². The number of fused-ring (bicyclic) bond motifs is 6. The van der Waals surface area contributed by atoms with Gasteiger partial charge in [0.25, 0.3) is 0 Å². The Kier molecular flexibility index (Phi) is 5.69. The Morgan fingerprint density at radius 3 is 1.91 bits per heavy atom. The van der Waals surface area contributed by atoms with E-state index >= 15 is 0 Å². The lowest BCUT2D eigenvalue weighted by Crippen LogP contribution is -2.29. The fraction of sp³-hybridized carbons (Fsp3) is 0.159. The van der Waals surface area contributed by atoms with Gasteiger partial charge in [-0.15, -0.1) is 0 Å². The van der Waals surface area contributed by atoms with Crippen LogP contribution in [0, 0.1) is 0 Å². The Morgan fingerprint density at radius 2 is 1.17 bits per heavy atom. The fourth-order valence-electron chi connectivity index (χ4n) is 8.44. The SMILES string of the molecule is CC1(C)C(c2ccccc2)=Nc2cc3c4ccccc4n(-c4cccc(C5c6ccccc6C(C)(C)c6ccccc65)c4)c3cc21. The molecule has 1 aromatic heterocycles. The zero-order chi connectivity index (χ0) is 31.2. The van der Waals surface area contributed by atoms with Gasteiger partial charge in [0.15, 0.2) is 0 Å². The molecule has 2 heteroatoms. The van der Waals surface area contributed by atoms with Gasteiger partial charge in [0.2, 0.25) is 0 Å². The van der Waals surface area contributed by atoms with Crippen LogP contribution >= 0.6 is 0 Å². The molecule has 9 rings (SSSR count). The molecule has 0 fully saturated rings. The molecule has 2 nitrogen and oxygen atoms in total. The molecule has 1 aliphatic heterocycles. The first kappa shape index (κ1) is 27.1. The summed E-state index contributed by atoms with van der Waals surface area (Å²) < 4.78 is 2.47. The molecule has 0 saturated heterocycles. The van der Waals surface area contributed by atoms with Crippen LogP contribution in [0.2, 0.25) is 0 Å². The molecule has 0 unspecified atom stereocenters. The number of aliphatic imine (C=N–C) groups is 1. The van der Waals surface area contributed by atoms with Gasteiger partial charge in [-0.2, -0.15) is 0 Å². The average molecular weight is 593 g/mol. The zero-order valence-electron chi connectivity index (χ0n) is 26.8. The first-order valence-electron chi connectivity index (χ1n) is 16.4. The second-order valence-corrected chi connectivity index (χ2v) is 14.0. The van der Waals surface area contributed by atoms with Crippen LogP contribution in [0.15, 0.2) is 145 Å². The van der Waals surface area contributed by atoms with Crippen molar-refractivity contribution in [2.45, 2.75) is 44.4 Å². The fourth-order valence-corrected chi connectivity index (χ4v) is 8.44. The van der Waals surface area contributed by atoms with Crippen LogP contribution in [0.3, 0.4) is 0 Å². The number of rotatable bonds is 3. The van der Waals surface area contributed by atoms with Gasteiger partial charge in [0.1, 0.15) is 0 Å². The van der Waals surface area contributed by atoms with Crippen LogP contribution in [0.4, 0.5) is 5.69 Å². The van der Waals surface area contributed by atoms with Crippen molar-refractivity contribution in [1.82, 2.24) is 4.57 Å². The highest BCUT2D eigenvalue weighted by atomic mass is 15.0. The molecule has 222 valence electrons. The third kappa shape index (κ3) is 3.73. The summed E-state index contributed by atoms with van der Waals surface area (Å²) >= 11 is 0. The minimum Gasteiger partial charge on any atom is -0.309 e. The first-order valence-corrected chi connectivity index (χ1v) is 16.4. The van der Waals surface area contributed by atoms with Gasteiger partial charge >= 0.3 is 0 Å². The second-order valence-electron chi connectivity index (χ2n) is 14.0. The van der Waals surface area contributed by atoms with Crippen molar-refractivity contribution in [1.29, 1.82) is 0 Å². The standard InChI is InChI=1S/C44H36N2/c1-43(2)35-22-11-8-20-32(35)41(33-21-9-12-23-36(33)43)29-17-14-18-30(25-29)46-39-24-13-10-19-31(39)34-26-38-37(27-40(34)46)44(3,4)42(45-38)28-15-6-5-7-16-28/h5-27,41H,1-4H3. The predicted molar refractivity (Wildman–Crippen MR) is 192 cm³/mol. The molecule has 0 spiro atoms. The summed E-state index contributed by atoms with van der Waals surface area (Å²) in [6.07, 6.45) is 0. The molecule has 0 amide bonds. The Hall–Kier alpha value is -5.21. The molecule has 46 heavy (non-hydrogen) atoms. The summed E-state index contributed by atoms with van der Waals surface area (Å²) in [5, 5.41) is 2.49. The summed E-state index contributed by atoms with van der Waals surface area (Å²) in [7, 11) is 0.